The van der Waals surface area contributed by atoms with E-state index in [4.69, 9.17) is 41.3 Å². The van der Waals surface area contributed by atoms with E-state index in [1.807, 2.05) is 0 Å². The van der Waals surface area contributed by atoms with Gasteiger partial charge in [0.2, 0.25) is 0 Å². The van der Waals surface area contributed by atoms with Gasteiger partial charge in [-0.2, -0.15) is 0 Å². The van der Waals surface area contributed by atoms with Crippen molar-refractivity contribution in [2.45, 2.75) is 0 Å². The molecule has 0 aromatic heterocycles. The second-order valence-electron chi connectivity index (χ2n) is 8.85. The largest absolute Gasteiger partial charge is 0.460 e. The van der Waals surface area contributed by atoms with Crippen LogP contribution >= 0.6 is 0 Å². The van der Waals surface area contributed by atoms with E-state index >= 15 is 0 Å². The fourth-order valence-corrected chi connectivity index (χ4v) is 3.42. The first-order valence-electron chi connectivity index (χ1n) is 14.6. The number of ketones is 1. The highest BCUT2D eigenvalue weighted by molar-refractivity contribution is 6.12. The van der Waals surface area contributed by atoms with Crippen LogP contribution in [0.2, 0.25) is 0 Å². The average molecular weight is 692 g/mol. The molecule has 2 rings (SSSR count). The van der Waals surface area contributed by atoms with Crippen molar-refractivity contribution in [3.63, 3.8) is 0 Å². The number of ether oxygens (including phenoxy) is 6. The SMILES string of the molecule is C#CC#CC#CC#COCCOCCOC(=O)c1ccc(C(=O)c2ccc(NC)cc2)cc1C(=O)OCCOCCOC#CC#CC#CC#C.[HH].[HH].[HH].[HH].[HH].[HH].[HH].[HH].[HH].[HH].[HH].[HH]. The summed E-state index contributed by atoms with van der Waals surface area (Å²) in [6, 6.07) is 10.8. The third-order valence-electron chi connectivity index (χ3n) is 5.63. The zero-order chi connectivity index (χ0) is 36.1. The van der Waals surface area contributed by atoms with Gasteiger partial charge in [0.05, 0.1) is 37.6 Å². The number of esters is 2. The Bertz CT molecular complexity index is 2010. The van der Waals surface area contributed by atoms with Crippen molar-refractivity contribution >= 4 is 23.4 Å². The number of rotatable bonds is 17. The van der Waals surface area contributed by atoms with Gasteiger partial charge in [0.25, 0.3) is 0 Å². The van der Waals surface area contributed by atoms with Gasteiger partial charge in [-0.3, -0.25) is 4.79 Å². The molecular weight excluding hydrogens is 638 g/mol. The number of terminal acetylenes is 2. The van der Waals surface area contributed by atoms with Crippen molar-refractivity contribution < 1.29 is 59.9 Å². The molecule has 0 unspecified atom stereocenters. The maximum absolute atomic E-state index is 13.2. The molecule has 0 radical (unpaired) electrons. The van der Waals surface area contributed by atoms with Crippen molar-refractivity contribution in [3.8, 4) is 96.1 Å². The van der Waals surface area contributed by atoms with Crippen LogP contribution in [0.25, 0.3) is 0 Å². The molecule has 0 fully saturated rings. The molecule has 50 heavy (non-hydrogen) atoms. The van der Waals surface area contributed by atoms with Gasteiger partial charge in [-0.15, -0.1) is 12.8 Å². The molecule has 0 spiro atoms. The molecule has 0 amide bonds. The zero-order valence-corrected chi connectivity index (χ0v) is 27.0. The minimum atomic E-state index is -0.850. The van der Waals surface area contributed by atoms with Crippen LogP contribution in [-0.2, 0) is 28.4 Å². The molecule has 272 valence electrons. The van der Waals surface area contributed by atoms with Crippen LogP contribution in [-0.4, -0.2) is 77.6 Å². The number of nitrogens with one attached hydrogen (secondary N) is 1. The van der Waals surface area contributed by atoms with E-state index in [9.17, 15) is 14.4 Å². The van der Waals surface area contributed by atoms with Crippen molar-refractivity contribution in [2.24, 2.45) is 0 Å². The predicted octanol–water partition coefficient (Wildman–Crippen LogP) is 5.49. The Labute approximate surface area is 309 Å². The Morgan fingerprint density at radius 3 is 1.56 bits per heavy atom. The van der Waals surface area contributed by atoms with Gasteiger partial charge in [0.15, 0.2) is 5.78 Å². The van der Waals surface area contributed by atoms with Gasteiger partial charge in [-0.05, 0) is 71.9 Å². The molecule has 0 aliphatic carbocycles. The van der Waals surface area contributed by atoms with Crippen LogP contribution in [0.4, 0.5) is 5.69 Å². The Kier molecular flexibility index (Phi) is 19.5. The second-order valence-corrected chi connectivity index (χ2v) is 8.85. The van der Waals surface area contributed by atoms with Gasteiger partial charge >= 0.3 is 11.9 Å². The first kappa shape index (κ1) is 39.0. The second kappa shape index (κ2) is 25.0. The summed E-state index contributed by atoms with van der Waals surface area (Å²) in [4.78, 5) is 39.2. The lowest BCUT2D eigenvalue weighted by Gasteiger charge is -2.12. The van der Waals surface area contributed by atoms with E-state index in [0.717, 1.165) is 5.69 Å². The normalized spacial score (nSPS) is 8.54. The molecule has 0 aliphatic rings. The minimum Gasteiger partial charge on any atom is -0.460 e. The first-order chi connectivity index (χ1) is 24.5. The van der Waals surface area contributed by atoms with E-state index in [-0.39, 0.29) is 92.4 Å². The van der Waals surface area contributed by atoms with Crippen LogP contribution < -0.4 is 5.32 Å². The summed E-state index contributed by atoms with van der Waals surface area (Å²) < 4.78 is 31.5. The molecule has 10 heteroatoms. The monoisotopic (exact) mass is 691 g/mol. The number of hydrogen-bond acceptors (Lipinski definition) is 10. The summed E-state index contributed by atoms with van der Waals surface area (Å²) >= 11 is 0. The van der Waals surface area contributed by atoms with E-state index in [2.05, 4.69) is 88.6 Å². The third kappa shape index (κ3) is 15.9. The number of carbonyl (C=O) groups excluding carboxylic acids is 3. The lowest BCUT2D eigenvalue weighted by Crippen LogP contribution is -2.19. The molecule has 0 aliphatic heterocycles. The third-order valence-corrected chi connectivity index (χ3v) is 5.63. The molecule has 0 heterocycles. The van der Waals surface area contributed by atoms with E-state index in [0.29, 0.717) is 5.56 Å². The highest BCUT2D eigenvalue weighted by atomic mass is 16.6. The van der Waals surface area contributed by atoms with E-state index in [1.165, 1.54) is 18.2 Å². The Balaban J connectivity index is -0.000000241. The quantitative estimate of drug-likeness (QED) is 0.0987. The Morgan fingerprint density at radius 2 is 1.04 bits per heavy atom. The molecule has 0 saturated heterocycles. The number of benzene rings is 2. The molecule has 2 aromatic rings. The number of anilines is 1. The highest BCUT2D eigenvalue weighted by Crippen LogP contribution is 2.19. The van der Waals surface area contributed by atoms with Gasteiger partial charge in [-0.25, -0.2) is 9.59 Å². The van der Waals surface area contributed by atoms with Gasteiger partial charge in [0, 0.05) is 76.5 Å². The van der Waals surface area contributed by atoms with Gasteiger partial charge in [-0.1, -0.05) is 6.07 Å². The lowest BCUT2D eigenvalue weighted by molar-refractivity contribution is 0.0223. The summed E-state index contributed by atoms with van der Waals surface area (Å²) in [5, 5.41) is 2.98. The average Bonchev–Trinajstić information content (AvgIpc) is 3.14. The Hall–Kier alpha value is -7.15. The van der Waals surface area contributed by atoms with E-state index in [1.54, 1.807) is 31.3 Å². The predicted molar refractivity (Wildman–Crippen MR) is 210 cm³/mol. The standard InChI is InChI=1S/C40H29NO9.12H2/c1-4-6-8-10-12-14-22-45-24-26-47-28-30-49-39(43)36-21-18-34(38(42)33-16-19-35(41-3)20-17-33)32-37(36)40(44)50-31-29-48-27-25-46-23-15-13-11-9-7-5-2;;;;;;;;;;;;/h1-2,16-21,32,41H,24-31H2,3H3;12*1H. The molecule has 1 N–H and O–H groups in total. The van der Waals surface area contributed by atoms with Crippen LogP contribution in [0, 0.1) is 96.1 Å². The maximum Gasteiger partial charge on any atom is 0.339 e. The van der Waals surface area contributed by atoms with Crippen molar-refractivity contribution in [3.05, 3.63) is 64.7 Å². The van der Waals surface area contributed by atoms with Crippen LogP contribution in [0.3, 0.4) is 0 Å². The summed E-state index contributed by atoms with van der Waals surface area (Å²) in [7, 11) is 1.76. The summed E-state index contributed by atoms with van der Waals surface area (Å²) in [5.74, 6) is 26.3. The van der Waals surface area contributed by atoms with Crippen molar-refractivity contribution in [1.82, 2.24) is 0 Å². The summed E-state index contributed by atoms with van der Waals surface area (Å²) in [5.41, 5.74) is 1.13. The van der Waals surface area contributed by atoms with Crippen LogP contribution in [0.1, 0.15) is 53.8 Å². The fraction of sp³-hybridized carbons (Fsp3) is 0.225. The smallest absolute Gasteiger partial charge is 0.339 e. The van der Waals surface area contributed by atoms with Crippen LogP contribution in [0.15, 0.2) is 42.5 Å². The maximum atomic E-state index is 13.2. The van der Waals surface area contributed by atoms with E-state index < -0.39 is 11.9 Å². The molecular formula is C40H53NO9. The fourth-order valence-electron chi connectivity index (χ4n) is 3.42. The molecule has 2 aromatic carbocycles. The molecule has 0 saturated carbocycles. The van der Waals surface area contributed by atoms with Gasteiger partial charge in [0.1, 0.15) is 38.6 Å². The van der Waals surface area contributed by atoms with Crippen molar-refractivity contribution in [2.75, 3.05) is 65.2 Å². The first-order valence-corrected chi connectivity index (χ1v) is 14.6. The van der Waals surface area contributed by atoms with Crippen LogP contribution in [0.5, 0.6) is 0 Å². The zero-order valence-electron chi connectivity index (χ0n) is 27.0. The van der Waals surface area contributed by atoms with Gasteiger partial charge < -0.3 is 33.7 Å². The topological polar surface area (TPSA) is 119 Å². The lowest BCUT2D eigenvalue weighted by atomic mass is 9.98. The molecule has 0 bridgehead atoms. The summed E-state index contributed by atoms with van der Waals surface area (Å²) in [6.45, 7) is 0.415. The highest BCUT2D eigenvalue weighted by Gasteiger charge is 2.22. The Morgan fingerprint density at radius 1 is 0.580 bits per heavy atom. The molecule has 0 atom stereocenters. The molecule has 10 nitrogen and oxygen atoms in total. The minimum absolute atomic E-state index is 0. The number of carbonyl (C=O) groups is 3. The summed E-state index contributed by atoms with van der Waals surface area (Å²) in [6.07, 6.45) is 14.7. The number of hydrogen-bond donors (Lipinski definition) is 1. The van der Waals surface area contributed by atoms with Crippen molar-refractivity contribution in [1.29, 1.82) is 0 Å².